The third-order valence-electron chi connectivity index (χ3n) is 3.93. The van der Waals surface area contributed by atoms with E-state index in [0.717, 1.165) is 11.1 Å². The van der Waals surface area contributed by atoms with Gasteiger partial charge in [0.25, 0.3) is 0 Å². The van der Waals surface area contributed by atoms with Crippen LogP contribution in [0.15, 0.2) is 18.2 Å². The molecule has 1 N–H and O–H groups in total. The fourth-order valence-electron chi connectivity index (χ4n) is 2.57. The molecule has 2 rings (SSSR count). The molecule has 0 aliphatic carbocycles. The zero-order valence-electron chi connectivity index (χ0n) is 10.6. The van der Waals surface area contributed by atoms with E-state index in [2.05, 4.69) is 0 Å². The van der Waals surface area contributed by atoms with Crippen LogP contribution in [-0.2, 0) is 16.0 Å². The number of ether oxygens (including phenoxy) is 1. The lowest BCUT2D eigenvalue weighted by atomic mass is 9.75. The highest BCUT2D eigenvalue weighted by Crippen LogP contribution is 2.39. The molecule has 18 heavy (non-hydrogen) atoms. The predicted octanol–water partition coefficient (Wildman–Crippen LogP) is 2.56. The SMILES string of the molecule is Cc1cc(F)ccc1CC1(C(=O)O)CCOC1C. The number of aryl methyl sites for hydroxylation is 1. The molecular formula is C14H17FO3. The minimum absolute atomic E-state index is 0.295. The van der Waals surface area contributed by atoms with Gasteiger partial charge in [-0.3, -0.25) is 4.79 Å². The minimum Gasteiger partial charge on any atom is -0.481 e. The van der Waals surface area contributed by atoms with Gasteiger partial charge in [0.05, 0.1) is 11.5 Å². The minimum atomic E-state index is -0.886. The number of carboxylic acid groups (broad SMARTS) is 1. The zero-order valence-corrected chi connectivity index (χ0v) is 10.6. The van der Waals surface area contributed by atoms with Crippen molar-refractivity contribution in [2.24, 2.45) is 5.41 Å². The summed E-state index contributed by atoms with van der Waals surface area (Å²) in [5.41, 5.74) is 0.772. The molecule has 1 aliphatic rings. The molecule has 1 aromatic rings. The summed E-state index contributed by atoms with van der Waals surface area (Å²) in [6.45, 7) is 4.06. The van der Waals surface area contributed by atoms with Gasteiger partial charge in [-0.25, -0.2) is 4.39 Å². The Hall–Kier alpha value is -1.42. The van der Waals surface area contributed by atoms with Crippen molar-refractivity contribution < 1.29 is 19.0 Å². The van der Waals surface area contributed by atoms with Crippen LogP contribution in [0.4, 0.5) is 4.39 Å². The number of hydrogen-bond acceptors (Lipinski definition) is 2. The average Bonchev–Trinajstić information content (AvgIpc) is 2.65. The lowest BCUT2D eigenvalue weighted by Gasteiger charge is -2.28. The monoisotopic (exact) mass is 252 g/mol. The maximum atomic E-state index is 13.1. The van der Waals surface area contributed by atoms with E-state index in [-0.39, 0.29) is 11.9 Å². The molecular weight excluding hydrogens is 235 g/mol. The zero-order chi connectivity index (χ0) is 13.3. The van der Waals surface area contributed by atoms with Crippen LogP contribution in [0.1, 0.15) is 24.5 Å². The van der Waals surface area contributed by atoms with Crippen molar-refractivity contribution in [3.05, 3.63) is 35.1 Å². The van der Waals surface area contributed by atoms with E-state index < -0.39 is 11.4 Å². The summed E-state index contributed by atoms with van der Waals surface area (Å²) in [7, 11) is 0. The van der Waals surface area contributed by atoms with E-state index in [0.29, 0.717) is 19.4 Å². The topological polar surface area (TPSA) is 46.5 Å². The second-order valence-electron chi connectivity index (χ2n) is 4.97. The Morgan fingerprint density at radius 1 is 1.61 bits per heavy atom. The summed E-state index contributed by atoms with van der Waals surface area (Å²) >= 11 is 0. The van der Waals surface area contributed by atoms with Gasteiger partial charge < -0.3 is 9.84 Å². The molecule has 3 nitrogen and oxygen atoms in total. The Balaban J connectivity index is 2.32. The number of rotatable bonds is 3. The fourth-order valence-corrected chi connectivity index (χ4v) is 2.57. The molecule has 0 saturated carbocycles. The van der Waals surface area contributed by atoms with Gasteiger partial charge in [-0.1, -0.05) is 6.07 Å². The Morgan fingerprint density at radius 3 is 2.83 bits per heavy atom. The molecule has 1 saturated heterocycles. The van der Waals surface area contributed by atoms with Crippen LogP contribution in [0.3, 0.4) is 0 Å². The number of carboxylic acids is 1. The van der Waals surface area contributed by atoms with E-state index >= 15 is 0 Å². The van der Waals surface area contributed by atoms with E-state index in [1.807, 2.05) is 0 Å². The fraction of sp³-hybridized carbons (Fsp3) is 0.500. The Bertz CT molecular complexity index is 472. The van der Waals surface area contributed by atoms with Crippen molar-refractivity contribution in [3.63, 3.8) is 0 Å². The second-order valence-corrected chi connectivity index (χ2v) is 4.97. The van der Waals surface area contributed by atoms with E-state index in [4.69, 9.17) is 4.74 Å². The Kier molecular flexibility index (Phi) is 3.39. The summed E-state index contributed by atoms with van der Waals surface area (Å²) in [5.74, 6) is -1.13. The smallest absolute Gasteiger partial charge is 0.312 e. The van der Waals surface area contributed by atoms with Gasteiger partial charge >= 0.3 is 5.97 Å². The number of benzene rings is 1. The number of hydrogen-bond donors (Lipinski definition) is 1. The summed E-state index contributed by atoms with van der Waals surface area (Å²) in [6.07, 6.45) is 0.565. The largest absolute Gasteiger partial charge is 0.481 e. The van der Waals surface area contributed by atoms with Gasteiger partial charge in [0, 0.05) is 6.61 Å². The van der Waals surface area contributed by atoms with Crippen LogP contribution < -0.4 is 0 Å². The molecule has 2 atom stereocenters. The highest BCUT2D eigenvalue weighted by molar-refractivity contribution is 5.76. The number of carbonyl (C=O) groups is 1. The molecule has 0 radical (unpaired) electrons. The van der Waals surface area contributed by atoms with E-state index in [9.17, 15) is 14.3 Å². The third-order valence-corrected chi connectivity index (χ3v) is 3.93. The lowest BCUT2D eigenvalue weighted by Crippen LogP contribution is -2.39. The first-order valence-corrected chi connectivity index (χ1v) is 6.06. The molecule has 1 heterocycles. The van der Waals surface area contributed by atoms with Gasteiger partial charge in [0.2, 0.25) is 0 Å². The first-order chi connectivity index (χ1) is 8.45. The molecule has 0 amide bonds. The Morgan fingerprint density at radius 2 is 2.33 bits per heavy atom. The third kappa shape index (κ3) is 2.12. The number of aliphatic carboxylic acids is 1. The van der Waals surface area contributed by atoms with Crippen molar-refractivity contribution in [1.29, 1.82) is 0 Å². The normalized spacial score (nSPS) is 27.4. The van der Waals surface area contributed by atoms with E-state index in [1.54, 1.807) is 19.9 Å². The number of halogens is 1. The van der Waals surface area contributed by atoms with Crippen LogP contribution in [0.2, 0.25) is 0 Å². The van der Waals surface area contributed by atoms with Gasteiger partial charge in [-0.05, 0) is 49.9 Å². The quantitative estimate of drug-likeness (QED) is 0.899. The van der Waals surface area contributed by atoms with Crippen LogP contribution >= 0.6 is 0 Å². The van der Waals surface area contributed by atoms with Crippen LogP contribution in [0.5, 0.6) is 0 Å². The van der Waals surface area contributed by atoms with Crippen molar-refractivity contribution in [2.75, 3.05) is 6.61 Å². The second kappa shape index (κ2) is 4.69. The molecule has 1 aliphatic heterocycles. The summed E-state index contributed by atoms with van der Waals surface area (Å²) in [4.78, 5) is 11.6. The molecule has 2 unspecified atom stereocenters. The maximum absolute atomic E-state index is 13.1. The van der Waals surface area contributed by atoms with Crippen molar-refractivity contribution in [1.82, 2.24) is 0 Å². The highest BCUT2D eigenvalue weighted by atomic mass is 19.1. The molecule has 1 fully saturated rings. The van der Waals surface area contributed by atoms with Gasteiger partial charge in [-0.15, -0.1) is 0 Å². The molecule has 0 spiro atoms. The molecule has 1 aromatic carbocycles. The molecule has 0 aromatic heterocycles. The average molecular weight is 252 g/mol. The molecule has 98 valence electrons. The molecule has 4 heteroatoms. The first-order valence-electron chi connectivity index (χ1n) is 6.06. The van der Waals surface area contributed by atoms with Gasteiger partial charge in [0.15, 0.2) is 0 Å². The van der Waals surface area contributed by atoms with Crippen molar-refractivity contribution >= 4 is 5.97 Å². The van der Waals surface area contributed by atoms with Gasteiger partial charge in [0.1, 0.15) is 5.82 Å². The summed E-state index contributed by atoms with van der Waals surface area (Å²) in [6, 6.07) is 4.48. The lowest BCUT2D eigenvalue weighted by molar-refractivity contribution is -0.151. The summed E-state index contributed by atoms with van der Waals surface area (Å²) in [5, 5.41) is 9.49. The highest BCUT2D eigenvalue weighted by Gasteiger charge is 2.48. The van der Waals surface area contributed by atoms with Crippen molar-refractivity contribution in [2.45, 2.75) is 32.8 Å². The standard InChI is InChI=1S/C14H17FO3/c1-9-7-12(15)4-3-11(9)8-14(13(16)17)5-6-18-10(14)2/h3-4,7,10H,5-6,8H2,1-2H3,(H,16,17). The molecule has 0 bridgehead atoms. The summed E-state index contributed by atoms with van der Waals surface area (Å²) < 4.78 is 18.5. The van der Waals surface area contributed by atoms with Crippen molar-refractivity contribution in [3.8, 4) is 0 Å². The first kappa shape index (κ1) is 13.0. The van der Waals surface area contributed by atoms with E-state index in [1.165, 1.54) is 12.1 Å². The Labute approximate surface area is 106 Å². The predicted molar refractivity (Wildman–Crippen MR) is 64.9 cm³/mol. The maximum Gasteiger partial charge on any atom is 0.312 e. The van der Waals surface area contributed by atoms with Crippen LogP contribution in [0.25, 0.3) is 0 Å². The van der Waals surface area contributed by atoms with Crippen LogP contribution in [-0.4, -0.2) is 23.8 Å². The van der Waals surface area contributed by atoms with Crippen LogP contribution in [0, 0.1) is 18.2 Å². The van der Waals surface area contributed by atoms with Gasteiger partial charge in [-0.2, -0.15) is 0 Å².